The first-order valence-electron chi connectivity index (χ1n) is 44.4. The Morgan fingerprint density at radius 2 is 0.838 bits per heavy atom. The molecule has 4 heterocycles. The van der Waals surface area contributed by atoms with Crippen molar-refractivity contribution in [2.45, 2.75) is 162 Å². The second-order valence-electron chi connectivity index (χ2n) is 33.7. The van der Waals surface area contributed by atoms with Crippen LogP contribution >= 0.6 is 0 Å². The van der Waals surface area contributed by atoms with E-state index in [1.165, 1.54) is 26.6 Å². The zero-order valence-electron chi connectivity index (χ0n) is 76.9. The summed E-state index contributed by atoms with van der Waals surface area (Å²) in [5, 5.41) is 18.6. The van der Waals surface area contributed by atoms with E-state index >= 15 is 0 Å². The predicted molar refractivity (Wildman–Crippen MR) is 511 cm³/mol. The standard InChI is InChI=1S/C23H26N2O2.C22H22N2O3.C22H24N2O2.C17H21NO3.C15H19NO2.C9H18O2/c1-4-14-23(3)22(27)25(21(26)20-12-10-18(2)11-13-20)16-15-24(23)17-19-8-6-5-7-9-19;1-3-14-22(2)21(27)23(19(25)17-10-6-4-7-11-17)15-16-24(22)20(26)18-12-8-5-9-13-18;1-3-14-22(2)21(26)24(20(25)19-12-8-5-9-13-19)16-15-23(22)17-18-10-6-4-7-11-18;1-3-11-17(4-2)12-10-15(19)18(16(17)20)21-13-14-8-6-5-7-9-14;1-4-9-12(5-2)14(17)16(3)15(18)13-10-7-6-8-11-13;1-3-5-9(2,8-11)6-4-7-10/h4-13H,1,14-17H2,2-3H3;3-13H,1,14-16H2,2H3;3-13H,1,14-17H2,2H3;3,5-9H,1,4,10-13H2,2H3;4,6-8,10-12H,1,5,9H2,2-3H3;3,10-11H,1,4-8H2,2H3/t23-;2*22-;17-;12-;9-/m000101/s1. The summed E-state index contributed by atoms with van der Waals surface area (Å²) < 4.78 is 0. The number of carbonyl (C=O) groups excluding carboxylic acids is 11. The van der Waals surface area contributed by atoms with Gasteiger partial charge in [-0.2, -0.15) is 5.06 Å². The smallest absolute Gasteiger partial charge is 0.260 e. The number of hydroxylamine groups is 2. The Morgan fingerprint density at radius 3 is 1.22 bits per heavy atom. The molecule has 4 aliphatic heterocycles. The van der Waals surface area contributed by atoms with Crippen LogP contribution in [0.4, 0.5) is 0 Å². The Kier molecular flexibility index (Phi) is 41.2. The zero-order chi connectivity index (χ0) is 95.0. The van der Waals surface area contributed by atoms with Gasteiger partial charge in [-0.3, -0.25) is 87.0 Å². The van der Waals surface area contributed by atoms with E-state index in [1.54, 1.807) is 139 Å². The highest BCUT2D eigenvalue weighted by atomic mass is 16.7. The molecule has 6 atom stereocenters. The first-order chi connectivity index (χ1) is 62.4. The van der Waals surface area contributed by atoms with E-state index in [9.17, 15) is 52.7 Å². The van der Waals surface area contributed by atoms with Crippen molar-refractivity contribution in [2.75, 3.05) is 59.5 Å². The maximum absolute atomic E-state index is 13.3. The Labute approximate surface area is 768 Å². The lowest BCUT2D eigenvalue weighted by atomic mass is 9.74. The number of carbonyl (C=O) groups is 11. The number of allylic oxidation sites excluding steroid dienone is 3. The van der Waals surface area contributed by atoms with Crippen LogP contribution in [0.25, 0.3) is 0 Å². The topological polar surface area (TPSA) is 263 Å². The first kappa shape index (κ1) is 104. The molecule has 0 bridgehead atoms. The fourth-order valence-corrected chi connectivity index (χ4v) is 16.1. The molecule has 11 amide bonds. The number of piperazine rings is 3. The first-order valence-corrected chi connectivity index (χ1v) is 44.4. The van der Waals surface area contributed by atoms with Crippen LogP contribution in [0.1, 0.15) is 193 Å². The summed E-state index contributed by atoms with van der Waals surface area (Å²) in [6.07, 6.45) is 17.5. The molecule has 22 nitrogen and oxygen atoms in total. The Hall–Kier alpha value is -12.8. The molecule has 130 heavy (non-hydrogen) atoms. The number of benzene rings is 8. The summed E-state index contributed by atoms with van der Waals surface area (Å²) in [5.41, 5.74) is 3.56. The summed E-state index contributed by atoms with van der Waals surface area (Å²) in [5.74, 6) is -2.80. The Bertz CT molecular complexity index is 5100. The fraction of sp³-hybridized carbons (Fsp3) is 0.343. The van der Waals surface area contributed by atoms with Crippen LogP contribution in [0.5, 0.6) is 0 Å². The van der Waals surface area contributed by atoms with Crippen molar-refractivity contribution in [3.8, 4) is 0 Å². The minimum atomic E-state index is -1.16. The third-order valence-electron chi connectivity index (χ3n) is 24.2. The number of imide groups is 5. The second kappa shape index (κ2) is 51.4. The third kappa shape index (κ3) is 27.6. The number of hydrogen-bond acceptors (Lipinski definition) is 16. The van der Waals surface area contributed by atoms with Crippen LogP contribution in [0.15, 0.2) is 313 Å². The number of aryl methyl sites for hydroxylation is 1. The van der Waals surface area contributed by atoms with Crippen molar-refractivity contribution in [3.05, 3.63) is 363 Å². The van der Waals surface area contributed by atoms with Crippen molar-refractivity contribution in [1.82, 2.24) is 39.4 Å². The van der Waals surface area contributed by atoms with E-state index in [4.69, 9.17) is 15.1 Å². The largest absolute Gasteiger partial charge is 0.396 e. The number of amides is 11. The molecule has 2 N–H and O–H groups in total. The molecule has 0 saturated carbocycles. The summed E-state index contributed by atoms with van der Waals surface area (Å²) in [7, 11) is 1.53. The normalized spacial score (nSPS) is 19.1. The van der Waals surface area contributed by atoms with Gasteiger partial charge in [0.2, 0.25) is 17.7 Å². The van der Waals surface area contributed by atoms with Gasteiger partial charge in [0.15, 0.2) is 0 Å². The van der Waals surface area contributed by atoms with Crippen LogP contribution in [-0.2, 0) is 53.3 Å². The Morgan fingerprint density at radius 1 is 0.462 bits per heavy atom. The zero-order valence-corrected chi connectivity index (χ0v) is 76.9. The molecule has 0 unspecified atom stereocenters. The highest BCUT2D eigenvalue weighted by Crippen LogP contribution is 2.40. The van der Waals surface area contributed by atoms with E-state index < -0.39 is 22.0 Å². The van der Waals surface area contributed by atoms with Gasteiger partial charge in [0.05, 0.1) is 5.41 Å². The van der Waals surface area contributed by atoms with Gasteiger partial charge in [-0.05, 0) is 181 Å². The van der Waals surface area contributed by atoms with E-state index in [-0.39, 0.29) is 116 Å². The molecule has 4 aliphatic rings. The predicted octanol–water partition coefficient (Wildman–Crippen LogP) is 17.9. The quantitative estimate of drug-likeness (QED) is 0.0302. The van der Waals surface area contributed by atoms with Gasteiger partial charge in [0, 0.05) is 113 Å². The molecule has 12 rings (SSSR count). The minimum absolute atomic E-state index is 0.0789. The van der Waals surface area contributed by atoms with Crippen LogP contribution in [0, 0.1) is 23.7 Å². The van der Waals surface area contributed by atoms with Crippen LogP contribution in [0.2, 0.25) is 0 Å². The minimum Gasteiger partial charge on any atom is -0.396 e. The number of aliphatic hydroxyl groups excluding tert-OH is 2. The Balaban J connectivity index is 0.000000217. The molecule has 8 aromatic rings. The summed E-state index contributed by atoms with van der Waals surface area (Å²) in [6.45, 7) is 40.2. The number of rotatable bonds is 31. The summed E-state index contributed by atoms with van der Waals surface area (Å²) in [4.78, 5) is 157. The van der Waals surface area contributed by atoms with Gasteiger partial charge < -0.3 is 15.1 Å². The van der Waals surface area contributed by atoms with Crippen molar-refractivity contribution >= 4 is 65.0 Å². The molecule has 0 aliphatic carbocycles. The lowest BCUT2D eigenvalue weighted by Crippen LogP contribution is -2.66. The number of nitrogens with zero attached hydrogens (tertiary/aromatic N) is 8. The van der Waals surface area contributed by atoms with Gasteiger partial charge in [-0.15, -0.1) is 39.5 Å². The van der Waals surface area contributed by atoms with Crippen LogP contribution in [0.3, 0.4) is 0 Å². The highest BCUT2D eigenvalue weighted by Gasteiger charge is 2.51. The maximum Gasteiger partial charge on any atom is 0.260 e. The molecule has 0 radical (unpaired) electrons. The number of hydrogen-bond donors (Lipinski definition) is 2. The van der Waals surface area contributed by atoms with E-state index in [0.29, 0.717) is 118 Å². The third-order valence-corrected chi connectivity index (χ3v) is 24.2. The van der Waals surface area contributed by atoms with Crippen molar-refractivity contribution in [2.24, 2.45) is 16.7 Å². The van der Waals surface area contributed by atoms with E-state index in [1.807, 2.05) is 163 Å². The van der Waals surface area contributed by atoms with Gasteiger partial charge in [0.1, 0.15) is 23.2 Å². The second-order valence-corrected chi connectivity index (χ2v) is 33.7. The molecule has 0 aromatic heterocycles. The van der Waals surface area contributed by atoms with Crippen LogP contribution in [-0.4, -0.2) is 191 Å². The molecule has 22 heteroatoms. The number of aliphatic hydroxyl groups is 2. The fourth-order valence-electron chi connectivity index (χ4n) is 16.1. The monoisotopic (exact) mass is 1760 g/mol. The molecule has 0 spiro atoms. The SMILES string of the molecule is C=CC[C@@](C)(CO)CCCO.C=CC[C@@]1(C)C(=O)N(C(=O)c2ccc(C)cc2)CCN1Cc1ccccc1.C=CC[C@@]1(C)C(=O)N(C(=O)c2ccccc2)CCN1C(=O)c1ccccc1.C=CC[C@@]1(C)C(=O)N(C(=O)c2ccccc2)CCN1Cc1ccccc1.C=CC[C@H](CC)C(=O)N(C)C(=O)c1ccccc1.C=CC[C@]1(CC)CCC(=O)N(OCc2ccccc2)C1=O. The van der Waals surface area contributed by atoms with E-state index in [0.717, 1.165) is 46.6 Å². The average molecular weight is 1760 g/mol. The average Bonchev–Trinajstić information content (AvgIpc) is 0.758. The number of piperidine rings is 1. The van der Waals surface area contributed by atoms with Gasteiger partial charge >= 0.3 is 0 Å². The lowest BCUT2D eigenvalue weighted by Gasteiger charge is -2.46. The van der Waals surface area contributed by atoms with Gasteiger partial charge in [0.25, 0.3) is 47.3 Å². The molecule has 8 aromatic carbocycles. The highest BCUT2D eigenvalue weighted by molar-refractivity contribution is 6.11. The van der Waals surface area contributed by atoms with Crippen LogP contribution < -0.4 is 0 Å². The molecular formula is C108H130N8O14. The van der Waals surface area contributed by atoms with Crippen molar-refractivity contribution in [3.63, 3.8) is 0 Å². The maximum atomic E-state index is 13.3. The van der Waals surface area contributed by atoms with Gasteiger partial charge in [-0.1, -0.05) is 239 Å². The van der Waals surface area contributed by atoms with Gasteiger partial charge in [-0.25, -0.2) is 0 Å². The molecule has 4 saturated heterocycles. The lowest BCUT2D eigenvalue weighted by molar-refractivity contribution is -0.213. The van der Waals surface area contributed by atoms with E-state index in [2.05, 4.69) is 73.5 Å². The molecule has 4 fully saturated rings. The van der Waals surface area contributed by atoms with Crippen molar-refractivity contribution in [1.29, 1.82) is 0 Å². The summed E-state index contributed by atoms with van der Waals surface area (Å²) >= 11 is 0. The molecule has 686 valence electrons. The van der Waals surface area contributed by atoms with Crippen molar-refractivity contribution < 1.29 is 67.8 Å². The molecular weight excluding hydrogens is 1630 g/mol. The summed E-state index contributed by atoms with van der Waals surface area (Å²) in [6, 6.07) is 72.4.